The molecule has 1 fully saturated rings. The summed E-state index contributed by atoms with van der Waals surface area (Å²) in [5.74, 6) is -0.0548. The summed E-state index contributed by atoms with van der Waals surface area (Å²) in [5, 5.41) is 3.86. The SMILES string of the molecule is O=C(NCc1ccc(Cl)c(Cl)c1)[C@@H]1CCCCO1. The predicted molar refractivity (Wildman–Crippen MR) is 71.9 cm³/mol. The molecule has 5 heteroatoms. The first-order valence-electron chi connectivity index (χ1n) is 6.00. The molecule has 1 atom stereocenters. The van der Waals surface area contributed by atoms with Gasteiger partial charge in [0.15, 0.2) is 0 Å². The molecule has 1 aromatic carbocycles. The van der Waals surface area contributed by atoms with Gasteiger partial charge in [-0.3, -0.25) is 4.79 Å². The maximum Gasteiger partial charge on any atom is 0.249 e. The van der Waals surface area contributed by atoms with E-state index in [0.717, 1.165) is 24.8 Å². The first-order valence-corrected chi connectivity index (χ1v) is 6.75. The molecular weight excluding hydrogens is 273 g/mol. The van der Waals surface area contributed by atoms with Crippen LogP contribution in [0.5, 0.6) is 0 Å². The Labute approximate surface area is 116 Å². The molecule has 1 aromatic rings. The number of benzene rings is 1. The van der Waals surface area contributed by atoms with Crippen molar-refractivity contribution in [1.82, 2.24) is 5.32 Å². The van der Waals surface area contributed by atoms with E-state index in [9.17, 15) is 4.79 Å². The van der Waals surface area contributed by atoms with Crippen LogP contribution in [0.4, 0.5) is 0 Å². The fourth-order valence-corrected chi connectivity index (χ4v) is 2.22. The number of carbonyl (C=O) groups excluding carboxylic acids is 1. The molecule has 0 radical (unpaired) electrons. The number of ether oxygens (including phenoxy) is 1. The van der Waals surface area contributed by atoms with Crippen LogP contribution in [0.25, 0.3) is 0 Å². The van der Waals surface area contributed by atoms with Crippen LogP contribution in [0.2, 0.25) is 10.0 Å². The Kier molecular flexibility index (Phi) is 4.87. The average molecular weight is 288 g/mol. The first kappa shape index (κ1) is 13.7. The molecule has 3 nitrogen and oxygen atoms in total. The monoisotopic (exact) mass is 287 g/mol. The van der Waals surface area contributed by atoms with Crippen LogP contribution >= 0.6 is 23.2 Å². The largest absolute Gasteiger partial charge is 0.368 e. The van der Waals surface area contributed by atoms with Crippen LogP contribution in [-0.4, -0.2) is 18.6 Å². The van der Waals surface area contributed by atoms with Crippen molar-refractivity contribution >= 4 is 29.1 Å². The lowest BCUT2D eigenvalue weighted by molar-refractivity contribution is -0.135. The van der Waals surface area contributed by atoms with Crippen molar-refractivity contribution in [2.75, 3.05) is 6.61 Å². The van der Waals surface area contributed by atoms with Crippen LogP contribution < -0.4 is 5.32 Å². The number of hydrogen-bond donors (Lipinski definition) is 1. The highest BCUT2D eigenvalue weighted by molar-refractivity contribution is 6.42. The Bertz CT molecular complexity index is 431. The highest BCUT2D eigenvalue weighted by Crippen LogP contribution is 2.22. The summed E-state index contributed by atoms with van der Waals surface area (Å²) in [6, 6.07) is 5.32. The van der Waals surface area contributed by atoms with Crippen molar-refractivity contribution < 1.29 is 9.53 Å². The molecule has 0 unspecified atom stereocenters. The van der Waals surface area contributed by atoms with Gasteiger partial charge in [-0.05, 0) is 37.0 Å². The van der Waals surface area contributed by atoms with Gasteiger partial charge in [-0.25, -0.2) is 0 Å². The summed E-state index contributed by atoms with van der Waals surface area (Å²) in [5.41, 5.74) is 0.925. The summed E-state index contributed by atoms with van der Waals surface area (Å²) >= 11 is 11.7. The molecule has 1 heterocycles. The number of rotatable bonds is 3. The van der Waals surface area contributed by atoms with Crippen LogP contribution in [0.1, 0.15) is 24.8 Å². The number of amides is 1. The van der Waals surface area contributed by atoms with Gasteiger partial charge in [0.2, 0.25) is 5.91 Å². The Morgan fingerprint density at radius 1 is 1.33 bits per heavy atom. The molecule has 0 bridgehead atoms. The number of hydrogen-bond acceptors (Lipinski definition) is 2. The zero-order valence-corrected chi connectivity index (χ0v) is 11.4. The summed E-state index contributed by atoms with van der Waals surface area (Å²) in [6.45, 7) is 1.11. The molecule has 1 amide bonds. The third-order valence-corrected chi connectivity index (χ3v) is 3.66. The van der Waals surface area contributed by atoms with E-state index >= 15 is 0 Å². The number of carbonyl (C=O) groups is 1. The lowest BCUT2D eigenvalue weighted by Crippen LogP contribution is -2.37. The minimum Gasteiger partial charge on any atom is -0.368 e. The van der Waals surface area contributed by atoms with E-state index in [1.54, 1.807) is 12.1 Å². The second-order valence-electron chi connectivity index (χ2n) is 4.32. The van der Waals surface area contributed by atoms with Crippen molar-refractivity contribution in [3.05, 3.63) is 33.8 Å². The van der Waals surface area contributed by atoms with Gasteiger partial charge >= 0.3 is 0 Å². The molecule has 98 valence electrons. The topological polar surface area (TPSA) is 38.3 Å². The normalized spacial score (nSPS) is 19.6. The maximum atomic E-state index is 11.8. The number of halogens is 2. The fourth-order valence-electron chi connectivity index (χ4n) is 1.90. The molecule has 0 spiro atoms. The Morgan fingerprint density at radius 3 is 2.83 bits per heavy atom. The molecule has 18 heavy (non-hydrogen) atoms. The second kappa shape index (κ2) is 6.41. The van der Waals surface area contributed by atoms with Crippen LogP contribution in [0, 0.1) is 0 Å². The minimum absolute atomic E-state index is 0.0548. The molecule has 0 saturated carbocycles. The van der Waals surface area contributed by atoms with Crippen LogP contribution in [0.15, 0.2) is 18.2 Å². The van der Waals surface area contributed by atoms with Crippen molar-refractivity contribution in [2.45, 2.75) is 31.9 Å². The van der Waals surface area contributed by atoms with Gasteiger partial charge < -0.3 is 10.1 Å². The Hall–Kier alpha value is -0.770. The molecular formula is C13H15Cl2NO2. The van der Waals surface area contributed by atoms with Crippen molar-refractivity contribution in [1.29, 1.82) is 0 Å². The Morgan fingerprint density at radius 2 is 2.17 bits per heavy atom. The standard InChI is InChI=1S/C13H15Cl2NO2/c14-10-5-4-9(7-11(10)15)8-16-13(17)12-3-1-2-6-18-12/h4-5,7,12H,1-3,6,8H2,(H,16,17)/t12-/m0/s1. The van der Waals surface area contributed by atoms with E-state index in [2.05, 4.69) is 5.32 Å². The van der Waals surface area contributed by atoms with E-state index in [0.29, 0.717) is 23.2 Å². The zero-order valence-electron chi connectivity index (χ0n) is 9.92. The van der Waals surface area contributed by atoms with E-state index < -0.39 is 0 Å². The van der Waals surface area contributed by atoms with E-state index in [1.807, 2.05) is 6.07 Å². The lowest BCUT2D eigenvalue weighted by atomic mass is 10.1. The number of nitrogens with one attached hydrogen (secondary N) is 1. The van der Waals surface area contributed by atoms with E-state index in [4.69, 9.17) is 27.9 Å². The van der Waals surface area contributed by atoms with Gasteiger partial charge in [0.1, 0.15) is 6.10 Å². The third kappa shape index (κ3) is 3.61. The molecule has 1 saturated heterocycles. The summed E-state index contributed by atoms with van der Waals surface area (Å²) in [6.07, 6.45) is 2.58. The van der Waals surface area contributed by atoms with E-state index in [1.165, 1.54) is 0 Å². The quantitative estimate of drug-likeness (QED) is 0.927. The maximum absolute atomic E-state index is 11.8. The van der Waals surface area contributed by atoms with Crippen molar-refractivity contribution in [3.63, 3.8) is 0 Å². The molecule has 0 aliphatic carbocycles. The van der Waals surface area contributed by atoms with Gasteiger partial charge in [-0.1, -0.05) is 29.3 Å². The molecule has 1 aliphatic heterocycles. The summed E-state index contributed by atoms with van der Waals surface area (Å²) in [7, 11) is 0. The highest BCUT2D eigenvalue weighted by Gasteiger charge is 2.21. The van der Waals surface area contributed by atoms with Gasteiger partial charge in [0, 0.05) is 13.2 Å². The van der Waals surface area contributed by atoms with Crippen LogP contribution in [0.3, 0.4) is 0 Å². The lowest BCUT2D eigenvalue weighted by Gasteiger charge is -2.21. The molecule has 1 aliphatic rings. The van der Waals surface area contributed by atoms with Gasteiger partial charge in [0.05, 0.1) is 10.0 Å². The second-order valence-corrected chi connectivity index (χ2v) is 5.14. The minimum atomic E-state index is -0.304. The van der Waals surface area contributed by atoms with Crippen molar-refractivity contribution in [2.24, 2.45) is 0 Å². The van der Waals surface area contributed by atoms with Gasteiger partial charge in [-0.2, -0.15) is 0 Å². The average Bonchev–Trinajstić information content (AvgIpc) is 2.41. The fraction of sp³-hybridized carbons (Fsp3) is 0.462. The summed E-state index contributed by atoms with van der Waals surface area (Å²) < 4.78 is 5.41. The summed E-state index contributed by atoms with van der Waals surface area (Å²) in [4.78, 5) is 11.8. The third-order valence-electron chi connectivity index (χ3n) is 2.92. The van der Waals surface area contributed by atoms with Gasteiger partial charge in [-0.15, -0.1) is 0 Å². The Balaban J connectivity index is 1.86. The smallest absolute Gasteiger partial charge is 0.249 e. The van der Waals surface area contributed by atoms with Gasteiger partial charge in [0.25, 0.3) is 0 Å². The van der Waals surface area contributed by atoms with E-state index in [-0.39, 0.29) is 12.0 Å². The predicted octanol–water partition coefficient (Wildman–Crippen LogP) is 3.18. The van der Waals surface area contributed by atoms with Crippen molar-refractivity contribution in [3.8, 4) is 0 Å². The highest BCUT2D eigenvalue weighted by atomic mass is 35.5. The first-order chi connectivity index (χ1) is 8.66. The molecule has 2 rings (SSSR count). The zero-order chi connectivity index (χ0) is 13.0. The molecule has 0 aromatic heterocycles. The molecule has 1 N–H and O–H groups in total. The van der Waals surface area contributed by atoms with Crippen LogP contribution in [-0.2, 0) is 16.1 Å².